The molecule has 1 N–H and O–H groups in total. The Morgan fingerprint density at radius 3 is 1.96 bits per heavy atom. The number of nitrogens with one attached hydrogen (secondary N) is 1. The number of amides is 4. The molecule has 27 heavy (non-hydrogen) atoms. The summed E-state index contributed by atoms with van der Waals surface area (Å²) in [6, 6.07) is 0.522. The molecule has 1 aliphatic carbocycles. The summed E-state index contributed by atoms with van der Waals surface area (Å²) < 4.78 is 0. The van der Waals surface area contributed by atoms with Gasteiger partial charge < -0.3 is 20.0 Å². The molecule has 3 saturated heterocycles. The number of carbonyl (C=O) groups excluding carboxylic acids is 3. The molecule has 3 heterocycles. The largest absolute Gasteiger partial charge is 0.353 e. The summed E-state index contributed by atoms with van der Waals surface area (Å²) in [4.78, 5) is 43.6. The average molecular weight is 377 g/mol. The second kappa shape index (κ2) is 8.07. The van der Waals surface area contributed by atoms with Gasteiger partial charge in [0.2, 0.25) is 11.8 Å². The molecule has 0 spiro atoms. The Morgan fingerprint density at radius 2 is 1.30 bits per heavy atom. The van der Waals surface area contributed by atoms with Crippen LogP contribution in [0.1, 0.15) is 51.4 Å². The Labute approximate surface area is 161 Å². The Bertz CT molecular complexity index is 578. The van der Waals surface area contributed by atoms with Crippen LogP contribution >= 0.6 is 0 Å². The van der Waals surface area contributed by atoms with Gasteiger partial charge in [-0.3, -0.25) is 9.59 Å². The molecule has 0 radical (unpaired) electrons. The van der Waals surface area contributed by atoms with Crippen LogP contribution in [0, 0.1) is 11.8 Å². The van der Waals surface area contributed by atoms with Crippen LogP contribution in [0.4, 0.5) is 4.79 Å². The lowest BCUT2D eigenvalue weighted by Gasteiger charge is -2.38. The van der Waals surface area contributed by atoms with Gasteiger partial charge in [-0.1, -0.05) is 0 Å². The van der Waals surface area contributed by atoms with E-state index in [-0.39, 0.29) is 29.7 Å². The molecule has 0 aromatic rings. The van der Waals surface area contributed by atoms with Crippen LogP contribution in [-0.2, 0) is 9.59 Å². The molecule has 4 amide bonds. The molecule has 0 bridgehead atoms. The third-order valence-corrected chi connectivity index (χ3v) is 6.52. The summed E-state index contributed by atoms with van der Waals surface area (Å²) in [5, 5.41) is 3.08. The first-order chi connectivity index (χ1) is 13.1. The summed E-state index contributed by atoms with van der Waals surface area (Å²) in [5.41, 5.74) is 0. The summed E-state index contributed by atoms with van der Waals surface area (Å²) in [6.45, 7) is 4.41. The van der Waals surface area contributed by atoms with Crippen LogP contribution in [0.5, 0.6) is 0 Å². The van der Waals surface area contributed by atoms with Crippen molar-refractivity contribution in [3.63, 3.8) is 0 Å². The quantitative estimate of drug-likeness (QED) is 0.810. The zero-order chi connectivity index (χ0) is 18.8. The molecule has 4 rings (SSSR count). The Balaban J connectivity index is 1.25. The summed E-state index contributed by atoms with van der Waals surface area (Å²) >= 11 is 0. The predicted molar refractivity (Wildman–Crippen MR) is 101 cm³/mol. The second-order valence-corrected chi connectivity index (χ2v) is 8.64. The standard InChI is InChI=1S/C20H32N4O3/c25-18(21-17-5-6-17)16-4-3-11-24(14-16)19(26)15-7-12-23(13-8-15)20(27)22-9-1-2-10-22/h15-17H,1-14H2,(H,21,25). The van der Waals surface area contributed by atoms with Crippen molar-refractivity contribution in [3.05, 3.63) is 0 Å². The van der Waals surface area contributed by atoms with Crippen LogP contribution in [0.15, 0.2) is 0 Å². The Hall–Kier alpha value is -1.79. The molecule has 4 aliphatic rings. The van der Waals surface area contributed by atoms with E-state index in [1.165, 1.54) is 0 Å². The molecule has 7 nitrogen and oxygen atoms in total. The average Bonchev–Trinajstić information content (AvgIpc) is 3.35. The highest BCUT2D eigenvalue weighted by Crippen LogP contribution is 2.26. The molecule has 0 aromatic heterocycles. The second-order valence-electron chi connectivity index (χ2n) is 8.64. The van der Waals surface area contributed by atoms with E-state index in [9.17, 15) is 14.4 Å². The zero-order valence-electron chi connectivity index (χ0n) is 16.2. The van der Waals surface area contributed by atoms with Gasteiger partial charge in [0, 0.05) is 51.2 Å². The molecule has 1 atom stereocenters. The monoisotopic (exact) mass is 376 g/mol. The van der Waals surface area contributed by atoms with Gasteiger partial charge in [-0.2, -0.15) is 0 Å². The first-order valence-electron chi connectivity index (χ1n) is 10.7. The van der Waals surface area contributed by atoms with Crippen LogP contribution < -0.4 is 5.32 Å². The van der Waals surface area contributed by atoms with Crippen LogP contribution in [0.25, 0.3) is 0 Å². The first-order valence-corrected chi connectivity index (χ1v) is 10.7. The molecule has 3 aliphatic heterocycles. The maximum atomic E-state index is 13.0. The lowest BCUT2D eigenvalue weighted by Crippen LogP contribution is -2.51. The lowest BCUT2D eigenvalue weighted by atomic mass is 9.92. The number of rotatable bonds is 3. The van der Waals surface area contributed by atoms with Crippen molar-refractivity contribution >= 4 is 17.8 Å². The van der Waals surface area contributed by atoms with Crippen molar-refractivity contribution in [2.75, 3.05) is 39.3 Å². The van der Waals surface area contributed by atoms with E-state index < -0.39 is 0 Å². The Kier molecular flexibility index (Phi) is 5.55. The minimum Gasteiger partial charge on any atom is -0.353 e. The van der Waals surface area contributed by atoms with Gasteiger partial charge in [0.15, 0.2) is 0 Å². The fourth-order valence-electron chi connectivity index (χ4n) is 4.62. The van der Waals surface area contributed by atoms with E-state index in [1.807, 2.05) is 14.7 Å². The molecular formula is C20H32N4O3. The van der Waals surface area contributed by atoms with Gasteiger partial charge in [-0.05, 0) is 51.4 Å². The highest BCUT2D eigenvalue weighted by Gasteiger charge is 2.36. The highest BCUT2D eigenvalue weighted by atomic mass is 16.2. The smallest absolute Gasteiger partial charge is 0.319 e. The fourth-order valence-corrected chi connectivity index (χ4v) is 4.62. The number of carbonyl (C=O) groups is 3. The minimum absolute atomic E-state index is 0.00197. The van der Waals surface area contributed by atoms with Gasteiger partial charge in [0.05, 0.1) is 5.92 Å². The van der Waals surface area contributed by atoms with E-state index in [2.05, 4.69) is 5.32 Å². The summed E-state index contributed by atoms with van der Waals surface area (Å²) in [7, 11) is 0. The number of urea groups is 1. The van der Waals surface area contributed by atoms with Gasteiger partial charge in [0.1, 0.15) is 0 Å². The van der Waals surface area contributed by atoms with Gasteiger partial charge in [0.25, 0.3) is 0 Å². The molecule has 0 aromatic carbocycles. The number of hydrogen-bond acceptors (Lipinski definition) is 3. The molecule has 7 heteroatoms. The first kappa shape index (κ1) is 18.6. The van der Waals surface area contributed by atoms with Gasteiger partial charge in [-0.15, -0.1) is 0 Å². The lowest BCUT2D eigenvalue weighted by molar-refractivity contribution is -0.140. The van der Waals surface area contributed by atoms with Gasteiger partial charge in [-0.25, -0.2) is 4.79 Å². The number of nitrogens with zero attached hydrogens (tertiary/aromatic N) is 3. The van der Waals surface area contributed by atoms with Crippen molar-refractivity contribution in [1.82, 2.24) is 20.0 Å². The third-order valence-electron chi connectivity index (χ3n) is 6.52. The molecule has 1 saturated carbocycles. The molecule has 150 valence electrons. The molecule has 1 unspecified atom stereocenters. The number of likely N-dealkylation sites (tertiary alicyclic amines) is 3. The van der Waals surface area contributed by atoms with Crippen molar-refractivity contribution < 1.29 is 14.4 Å². The van der Waals surface area contributed by atoms with E-state index in [4.69, 9.17) is 0 Å². The third kappa shape index (κ3) is 4.38. The van der Waals surface area contributed by atoms with Crippen LogP contribution in [-0.4, -0.2) is 77.9 Å². The maximum absolute atomic E-state index is 13.0. The summed E-state index contributed by atoms with van der Waals surface area (Å²) in [5.74, 6) is 0.256. The SMILES string of the molecule is O=C(NC1CC1)C1CCCN(C(=O)C2CCN(C(=O)N3CCCC3)CC2)C1. The normalized spacial score (nSPS) is 27.0. The Morgan fingerprint density at radius 1 is 0.667 bits per heavy atom. The van der Waals surface area contributed by atoms with Crippen molar-refractivity contribution in [1.29, 1.82) is 0 Å². The summed E-state index contributed by atoms with van der Waals surface area (Å²) in [6.07, 6.45) is 7.66. The minimum atomic E-state index is -0.0554. The number of hydrogen-bond donors (Lipinski definition) is 1. The zero-order valence-corrected chi connectivity index (χ0v) is 16.2. The van der Waals surface area contributed by atoms with E-state index in [0.717, 1.165) is 71.0 Å². The van der Waals surface area contributed by atoms with Crippen molar-refractivity contribution in [2.24, 2.45) is 11.8 Å². The van der Waals surface area contributed by atoms with Crippen molar-refractivity contribution in [3.8, 4) is 0 Å². The highest BCUT2D eigenvalue weighted by molar-refractivity contribution is 5.83. The van der Waals surface area contributed by atoms with E-state index in [0.29, 0.717) is 25.7 Å². The van der Waals surface area contributed by atoms with Crippen LogP contribution in [0.3, 0.4) is 0 Å². The molecule has 4 fully saturated rings. The van der Waals surface area contributed by atoms with Gasteiger partial charge >= 0.3 is 6.03 Å². The van der Waals surface area contributed by atoms with E-state index in [1.54, 1.807) is 0 Å². The molecular weight excluding hydrogens is 344 g/mol. The topological polar surface area (TPSA) is 73.0 Å². The van der Waals surface area contributed by atoms with Crippen molar-refractivity contribution in [2.45, 2.75) is 57.4 Å². The van der Waals surface area contributed by atoms with E-state index >= 15 is 0 Å². The predicted octanol–water partition coefficient (Wildman–Crippen LogP) is 1.43. The fraction of sp³-hybridized carbons (Fsp3) is 0.850. The maximum Gasteiger partial charge on any atom is 0.319 e. The number of piperidine rings is 2. The van der Waals surface area contributed by atoms with Crippen LogP contribution in [0.2, 0.25) is 0 Å².